The number of hydrogen-bond donors (Lipinski definition) is 0. The number of allylic oxidation sites excluding steroid dienone is 2. The number of hydrogen-bond acceptors (Lipinski definition) is 1. The molecule has 0 aliphatic heterocycles. The minimum Gasteiger partial charge on any atom is -0.491 e. The van der Waals surface area contributed by atoms with Crippen LogP contribution in [0.25, 0.3) is 16.7 Å². The zero-order valence-electron chi connectivity index (χ0n) is 20.0. The Morgan fingerprint density at radius 2 is 1.39 bits per heavy atom. The summed E-state index contributed by atoms with van der Waals surface area (Å²) >= 11 is 0. The molecule has 0 bridgehead atoms. The zero-order chi connectivity index (χ0) is 26.0. The van der Waals surface area contributed by atoms with Crippen molar-refractivity contribution in [2.75, 3.05) is 6.61 Å². The van der Waals surface area contributed by atoms with Crippen LogP contribution in [-0.4, -0.2) is 6.61 Å². The van der Waals surface area contributed by atoms with Gasteiger partial charge in [0, 0.05) is 16.7 Å². The van der Waals surface area contributed by atoms with Crippen molar-refractivity contribution in [3.05, 3.63) is 94.1 Å². The van der Waals surface area contributed by atoms with Gasteiger partial charge in [0.15, 0.2) is 34.8 Å². The molecule has 0 spiro atoms. The Labute approximate surface area is 206 Å². The molecule has 0 N–H and O–H groups in total. The molecule has 1 unspecified atom stereocenters. The SMILES string of the molecule is CCOc1ccc(-c2ccc(CCC3CC=C(c4ccc(C)c(F)c4F)CC3)c(F)c2F)c(F)c1F. The van der Waals surface area contributed by atoms with Crippen molar-refractivity contribution in [2.45, 2.75) is 46.0 Å². The number of halogens is 6. The van der Waals surface area contributed by atoms with Gasteiger partial charge in [-0.05, 0) is 80.7 Å². The summed E-state index contributed by atoms with van der Waals surface area (Å²) in [5, 5.41) is 0. The Kier molecular flexibility index (Phi) is 7.76. The summed E-state index contributed by atoms with van der Waals surface area (Å²) in [4.78, 5) is 0. The molecular weight excluding hydrogens is 478 g/mol. The molecular formula is C29H26F6O. The average molecular weight is 505 g/mol. The quantitative estimate of drug-likeness (QED) is 0.293. The third kappa shape index (κ3) is 5.01. The fourth-order valence-electron chi connectivity index (χ4n) is 4.65. The number of benzene rings is 3. The van der Waals surface area contributed by atoms with Gasteiger partial charge >= 0.3 is 0 Å². The summed E-state index contributed by atoms with van der Waals surface area (Å²) in [6.07, 6.45) is 4.58. The second-order valence-electron chi connectivity index (χ2n) is 9.04. The summed E-state index contributed by atoms with van der Waals surface area (Å²) in [7, 11) is 0. The van der Waals surface area contributed by atoms with E-state index >= 15 is 0 Å². The van der Waals surface area contributed by atoms with Gasteiger partial charge in [-0.3, -0.25) is 0 Å². The van der Waals surface area contributed by atoms with Crippen molar-refractivity contribution in [3.8, 4) is 16.9 Å². The van der Waals surface area contributed by atoms with Crippen LogP contribution in [0.15, 0.2) is 42.5 Å². The first-order valence-corrected chi connectivity index (χ1v) is 11.9. The van der Waals surface area contributed by atoms with Crippen LogP contribution in [0.4, 0.5) is 26.3 Å². The van der Waals surface area contributed by atoms with Gasteiger partial charge < -0.3 is 4.74 Å². The van der Waals surface area contributed by atoms with E-state index in [1.165, 1.54) is 25.1 Å². The molecule has 0 aromatic heterocycles. The first-order valence-electron chi connectivity index (χ1n) is 11.9. The van der Waals surface area contributed by atoms with E-state index in [-0.39, 0.29) is 52.5 Å². The van der Waals surface area contributed by atoms with Gasteiger partial charge in [0.2, 0.25) is 5.82 Å². The lowest BCUT2D eigenvalue weighted by molar-refractivity contribution is 0.314. The Bertz CT molecular complexity index is 1310. The molecule has 0 heterocycles. The maximum absolute atomic E-state index is 14.8. The molecule has 7 heteroatoms. The third-order valence-corrected chi connectivity index (χ3v) is 6.76. The van der Waals surface area contributed by atoms with E-state index in [0.29, 0.717) is 25.7 Å². The van der Waals surface area contributed by atoms with Crippen LogP contribution in [0.5, 0.6) is 5.75 Å². The highest BCUT2D eigenvalue weighted by atomic mass is 19.2. The zero-order valence-corrected chi connectivity index (χ0v) is 20.0. The summed E-state index contributed by atoms with van der Waals surface area (Å²) in [6, 6.07) is 8.11. The summed E-state index contributed by atoms with van der Waals surface area (Å²) in [5.41, 5.74) is 0.648. The normalized spacial score (nSPS) is 15.7. The molecule has 4 rings (SSSR count). The van der Waals surface area contributed by atoms with E-state index in [9.17, 15) is 26.3 Å². The van der Waals surface area contributed by atoms with E-state index in [4.69, 9.17) is 4.74 Å². The van der Waals surface area contributed by atoms with Gasteiger partial charge in [0.25, 0.3) is 0 Å². The van der Waals surface area contributed by atoms with E-state index in [0.717, 1.165) is 11.6 Å². The highest BCUT2D eigenvalue weighted by Crippen LogP contribution is 2.36. The number of ether oxygens (including phenoxy) is 1. The average Bonchev–Trinajstić information content (AvgIpc) is 2.87. The second-order valence-corrected chi connectivity index (χ2v) is 9.04. The Morgan fingerprint density at radius 1 is 0.750 bits per heavy atom. The van der Waals surface area contributed by atoms with Gasteiger partial charge in [-0.15, -0.1) is 0 Å². The molecule has 0 saturated heterocycles. The van der Waals surface area contributed by atoms with E-state index in [1.54, 1.807) is 19.1 Å². The van der Waals surface area contributed by atoms with Crippen molar-refractivity contribution in [1.29, 1.82) is 0 Å². The Hall–Kier alpha value is -3.22. The van der Waals surface area contributed by atoms with Crippen molar-refractivity contribution in [1.82, 2.24) is 0 Å². The molecule has 0 radical (unpaired) electrons. The largest absolute Gasteiger partial charge is 0.491 e. The molecule has 0 saturated carbocycles. The number of aryl methyl sites for hydroxylation is 2. The maximum Gasteiger partial charge on any atom is 0.201 e. The lowest BCUT2D eigenvalue weighted by Gasteiger charge is -2.23. The predicted molar refractivity (Wildman–Crippen MR) is 128 cm³/mol. The lowest BCUT2D eigenvalue weighted by Crippen LogP contribution is -2.09. The third-order valence-electron chi connectivity index (χ3n) is 6.76. The van der Waals surface area contributed by atoms with Crippen LogP contribution in [0, 0.1) is 47.7 Å². The smallest absolute Gasteiger partial charge is 0.201 e. The minimum absolute atomic E-state index is 0.132. The molecule has 3 aromatic rings. The van der Waals surface area contributed by atoms with Gasteiger partial charge in [-0.1, -0.05) is 30.3 Å². The second kappa shape index (κ2) is 10.8. The molecule has 0 amide bonds. The molecule has 1 aliphatic carbocycles. The van der Waals surface area contributed by atoms with Crippen molar-refractivity contribution < 1.29 is 31.1 Å². The van der Waals surface area contributed by atoms with Crippen LogP contribution in [0.1, 0.15) is 49.3 Å². The van der Waals surface area contributed by atoms with Crippen molar-refractivity contribution in [2.24, 2.45) is 5.92 Å². The molecule has 3 aromatic carbocycles. The topological polar surface area (TPSA) is 9.23 Å². The molecule has 1 aliphatic rings. The van der Waals surface area contributed by atoms with Crippen molar-refractivity contribution in [3.63, 3.8) is 0 Å². The monoisotopic (exact) mass is 504 g/mol. The first-order chi connectivity index (χ1) is 17.2. The molecule has 190 valence electrons. The summed E-state index contributed by atoms with van der Waals surface area (Å²) in [6.45, 7) is 3.26. The molecule has 0 fully saturated rings. The van der Waals surface area contributed by atoms with E-state index in [2.05, 4.69) is 0 Å². The Morgan fingerprint density at radius 3 is 2.06 bits per heavy atom. The summed E-state index contributed by atoms with van der Waals surface area (Å²) in [5.74, 6) is -6.70. The molecule has 1 nitrogen and oxygen atoms in total. The first kappa shape index (κ1) is 25.9. The van der Waals surface area contributed by atoms with Crippen LogP contribution in [-0.2, 0) is 6.42 Å². The lowest BCUT2D eigenvalue weighted by atomic mass is 9.83. The van der Waals surface area contributed by atoms with Crippen molar-refractivity contribution >= 4 is 5.57 Å². The maximum atomic E-state index is 14.8. The minimum atomic E-state index is -1.30. The van der Waals surface area contributed by atoms with E-state index in [1.807, 2.05) is 6.08 Å². The van der Waals surface area contributed by atoms with Crippen LogP contribution < -0.4 is 4.74 Å². The highest BCUT2D eigenvalue weighted by molar-refractivity contribution is 5.68. The van der Waals surface area contributed by atoms with Crippen LogP contribution in [0.3, 0.4) is 0 Å². The summed E-state index contributed by atoms with van der Waals surface area (Å²) < 4.78 is 91.6. The van der Waals surface area contributed by atoms with Gasteiger partial charge in [-0.25, -0.2) is 22.0 Å². The standard InChI is InChI=1S/C29H26F6O/c1-3-36-23-15-14-22(28(34)29(23)35)21-13-11-19(25(31)27(21)33)10-7-17-5-8-18(9-6-17)20-12-4-16(2)24(30)26(20)32/h4,8,11-15,17H,3,5-7,9-10H2,1-2H3. The van der Waals surface area contributed by atoms with Crippen LogP contribution in [0.2, 0.25) is 0 Å². The highest BCUT2D eigenvalue weighted by Gasteiger charge is 2.23. The fraction of sp³-hybridized carbons (Fsp3) is 0.310. The number of rotatable bonds is 7. The predicted octanol–water partition coefficient (Wildman–Crippen LogP) is 8.71. The van der Waals surface area contributed by atoms with Gasteiger partial charge in [-0.2, -0.15) is 4.39 Å². The van der Waals surface area contributed by atoms with Gasteiger partial charge in [0.05, 0.1) is 6.61 Å². The molecule has 1 atom stereocenters. The van der Waals surface area contributed by atoms with E-state index < -0.39 is 34.9 Å². The fourth-order valence-corrected chi connectivity index (χ4v) is 4.65. The Balaban J connectivity index is 1.45. The van der Waals surface area contributed by atoms with Crippen LogP contribution >= 0.6 is 0 Å². The van der Waals surface area contributed by atoms with Gasteiger partial charge in [0.1, 0.15) is 0 Å². The molecule has 36 heavy (non-hydrogen) atoms.